The van der Waals surface area contributed by atoms with Crippen molar-refractivity contribution in [2.75, 3.05) is 5.01 Å². The highest BCUT2D eigenvalue weighted by atomic mass is 16.6. The molecule has 1 amide bonds. The van der Waals surface area contributed by atoms with Crippen LogP contribution in [0, 0.1) is 0 Å². The molecule has 0 saturated carbocycles. The van der Waals surface area contributed by atoms with Crippen LogP contribution in [-0.2, 0) is 4.74 Å². The highest BCUT2D eigenvalue weighted by Crippen LogP contribution is 2.19. The molecule has 1 aromatic rings. The molecule has 0 aromatic heterocycles. The molecule has 0 fully saturated rings. The van der Waals surface area contributed by atoms with Crippen LogP contribution in [-0.4, -0.2) is 6.09 Å². The molecule has 0 bridgehead atoms. The Morgan fingerprint density at radius 3 is 2.76 bits per heavy atom. The number of para-hydroxylation sites is 1. The number of benzene rings is 1. The Kier molecular flexibility index (Phi) is 3.65. The molecule has 1 N–H and O–H groups in total. The largest absolute Gasteiger partial charge is 0.431 e. The van der Waals surface area contributed by atoms with Crippen LogP contribution < -0.4 is 10.4 Å². The molecular formula is C13H16N2O2. The highest BCUT2D eigenvalue weighted by Gasteiger charge is 2.18. The Bertz CT molecular complexity index is 415. The monoisotopic (exact) mass is 232 g/mol. The van der Waals surface area contributed by atoms with E-state index in [2.05, 4.69) is 12.3 Å². The molecule has 0 spiro atoms. The molecule has 1 heterocycles. The summed E-state index contributed by atoms with van der Waals surface area (Å²) < 4.78 is 5.11. The van der Waals surface area contributed by atoms with E-state index < -0.39 is 6.09 Å². The van der Waals surface area contributed by atoms with Gasteiger partial charge in [-0.3, -0.25) is 5.01 Å². The Balaban J connectivity index is 2.14. The van der Waals surface area contributed by atoms with Crippen molar-refractivity contribution in [1.82, 2.24) is 5.43 Å². The van der Waals surface area contributed by atoms with Gasteiger partial charge in [-0.05, 0) is 18.6 Å². The minimum atomic E-state index is -0.428. The maximum atomic E-state index is 11.4. The van der Waals surface area contributed by atoms with E-state index in [4.69, 9.17) is 4.74 Å². The lowest BCUT2D eigenvalue weighted by Gasteiger charge is -2.26. The van der Waals surface area contributed by atoms with Gasteiger partial charge < -0.3 is 4.74 Å². The minimum absolute atomic E-state index is 0.428. The average molecular weight is 232 g/mol. The molecule has 0 atom stereocenters. The van der Waals surface area contributed by atoms with Crippen molar-refractivity contribution in [3.05, 3.63) is 42.3 Å². The van der Waals surface area contributed by atoms with E-state index in [1.165, 1.54) is 0 Å². The highest BCUT2D eigenvalue weighted by molar-refractivity contribution is 5.73. The van der Waals surface area contributed by atoms with Gasteiger partial charge in [-0.2, -0.15) is 0 Å². The zero-order chi connectivity index (χ0) is 12.1. The lowest BCUT2D eigenvalue weighted by atomic mass is 10.2. The summed E-state index contributed by atoms with van der Waals surface area (Å²) in [6.07, 6.45) is 4.28. The average Bonchev–Trinajstić information content (AvgIpc) is 2.37. The van der Waals surface area contributed by atoms with Crippen molar-refractivity contribution in [3.8, 4) is 0 Å². The predicted octanol–water partition coefficient (Wildman–Crippen LogP) is 3.18. The van der Waals surface area contributed by atoms with Gasteiger partial charge in [0.25, 0.3) is 0 Å². The summed E-state index contributed by atoms with van der Waals surface area (Å²) in [4.78, 5) is 11.4. The molecule has 0 saturated heterocycles. The maximum Gasteiger partial charge on any atom is 0.431 e. The number of hydrogen-bond donors (Lipinski definition) is 1. The van der Waals surface area contributed by atoms with Crippen LogP contribution in [0.1, 0.15) is 26.2 Å². The summed E-state index contributed by atoms with van der Waals surface area (Å²) in [5.74, 6) is 0.708. The number of unbranched alkanes of at least 4 members (excludes halogenated alkanes) is 1. The number of rotatable bonds is 4. The van der Waals surface area contributed by atoms with E-state index in [-0.39, 0.29) is 0 Å². The second-order valence-corrected chi connectivity index (χ2v) is 3.91. The molecule has 1 aliphatic rings. The number of hydrogen-bond acceptors (Lipinski definition) is 3. The van der Waals surface area contributed by atoms with Crippen LogP contribution in [0.25, 0.3) is 0 Å². The fraction of sp³-hybridized carbons (Fsp3) is 0.308. The van der Waals surface area contributed by atoms with Crippen molar-refractivity contribution >= 4 is 11.8 Å². The fourth-order valence-electron chi connectivity index (χ4n) is 1.64. The minimum Gasteiger partial charge on any atom is -0.412 e. The van der Waals surface area contributed by atoms with Gasteiger partial charge in [0, 0.05) is 6.42 Å². The molecule has 1 aliphatic heterocycles. The van der Waals surface area contributed by atoms with Crippen molar-refractivity contribution < 1.29 is 9.53 Å². The number of carbonyl (C=O) groups excluding carboxylic acids is 1. The van der Waals surface area contributed by atoms with E-state index in [0.29, 0.717) is 5.76 Å². The number of allylic oxidation sites excluding steroid dienone is 1. The Hall–Kier alpha value is -1.97. The van der Waals surface area contributed by atoms with Gasteiger partial charge in [-0.1, -0.05) is 31.5 Å². The third-order valence-electron chi connectivity index (χ3n) is 2.52. The van der Waals surface area contributed by atoms with Gasteiger partial charge in [0.15, 0.2) is 0 Å². The van der Waals surface area contributed by atoms with Gasteiger partial charge in [-0.15, -0.1) is 0 Å². The first-order valence-electron chi connectivity index (χ1n) is 5.83. The maximum absolute atomic E-state index is 11.4. The van der Waals surface area contributed by atoms with Gasteiger partial charge in [0.2, 0.25) is 0 Å². The molecule has 4 heteroatoms. The van der Waals surface area contributed by atoms with Crippen LogP contribution >= 0.6 is 0 Å². The van der Waals surface area contributed by atoms with E-state index in [0.717, 1.165) is 24.9 Å². The van der Waals surface area contributed by atoms with Gasteiger partial charge >= 0.3 is 6.09 Å². The second kappa shape index (κ2) is 5.39. The standard InChI is InChI=1S/C13H16N2O2/c1-2-3-9-12-10-15(14-13(16)17-12)11-7-5-4-6-8-11/h4-8,10H,2-3,9H2,1H3,(H,14,16). The molecule has 0 unspecified atom stereocenters. The Labute approximate surface area is 101 Å². The number of carbonyl (C=O) groups is 1. The summed E-state index contributed by atoms with van der Waals surface area (Å²) >= 11 is 0. The third-order valence-corrected chi connectivity index (χ3v) is 2.52. The number of nitrogens with zero attached hydrogens (tertiary/aromatic N) is 1. The molecule has 0 radical (unpaired) electrons. The van der Waals surface area contributed by atoms with E-state index >= 15 is 0 Å². The van der Waals surface area contributed by atoms with E-state index in [9.17, 15) is 4.79 Å². The van der Waals surface area contributed by atoms with Crippen LogP contribution in [0.3, 0.4) is 0 Å². The normalized spacial score (nSPS) is 15.0. The number of cyclic esters (lactones) is 1. The molecule has 17 heavy (non-hydrogen) atoms. The van der Waals surface area contributed by atoms with Gasteiger partial charge in [0.1, 0.15) is 5.76 Å². The summed E-state index contributed by atoms with van der Waals surface area (Å²) in [5, 5.41) is 1.69. The second-order valence-electron chi connectivity index (χ2n) is 3.91. The van der Waals surface area contributed by atoms with Gasteiger partial charge in [-0.25, -0.2) is 10.2 Å². The molecule has 2 rings (SSSR count). The molecule has 90 valence electrons. The zero-order valence-electron chi connectivity index (χ0n) is 9.85. The fourth-order valence-corrected chi connectivity index (χ4v) is 1.64. The number of amides is 1. The van der Waals surface area contributed by atoms with Crippen LogP contribution in [0.2, 0.25) is 0 Å². The number of hydrazine groups is 1. The zero-order valence-corrected chi connectivity index (χ0v) is 9.85. The SMILES string of the molecule is CCCCC1=CN(c2ccccc2)NC(=O)O1. The first-order valence-corrected chi connectivity index (χ1v) is 5.83. The third kappa shape index (κ3) is 3.00. The first-order chi connectivity index (χ1) is 8.29. The number of nitrogens with one attached hydrogen (secondary N) is 1. The van der Waals surface area contributed by atoms with Crippen LogP contribution in [0.5, 0.6) is 0 Å². The van der Waals surface area contributed by atoms with Crippen LogP contribution in [0.4, 0.5) is 10.5 Å². The lowest BCUT2D eigenvalue weighted by molar-refractivity contribution is 0.166. The Morgan fingerprint density at radius 2 is 2.06 bits per heavy atom. The summed E-state index contributed by atoms with van der Waals surface area (Å²) in [6.45, 7) is 2.11. The van der Waals surface area contributed by atoms with Crippen molar-refractivity contribution in [2.24, 2.45) is 0 Å². The predicted molar refractivity (Wildman–Crippen MR) is 66.1 cm³/mol. The van der Waals surface area contributed by atoms with E-state index in [1.807, 2.05) is 36.5 Å². The van der Waals surface area contributed by atoms with E-state index in [1.54, 1.807) is 5.01 Å². The molecule has 0 aliphatic carbocycles. The Morgan fingerprint density at radius 1 is 1.29 bits per heavy atom. The summed E-state index contributed by atoms with van der Waals surface area (Å²) in [7, 11) is 0. The number of anilines is 1. The summed E-state index contributed by atoms with van der Waals surface area (Å²) in [6, 6.07) is 9.65. The number of ether oxygens (including phenoxy) is 1. The molecule has 1 aromatic carbocycles. The smallest absolute Gasteiger partial charge is 0.412 e. The first kappa shape index (κ1) is 11.5. The quantitative estimate of drug-likeness (QED) is 0.866. The van der Waals surface area contributed by atoms with Crippen molar-refractivity contribution in [1.29, 1.82) is 0 Å². The molecule has 4 nitrogen and oxygen atoms in total. The van der Waals surface area contributed by atoms with Gasteiger partial charge in [0.05, 0.1) is 11.9 Å². The topological polar surface area (TPSA) is 41.6 Å². The van der Waals surface area contributed by atoms with Crippen molar-refractivity contribution in [2.45, 2.75) is 26.2 Å². The molecular weight excluding hydrogens is 216 g/mol. The van der Waals surface area contributed by atoms with Crippen molar-refractivity contribution in [3.63, 3.8) is 0 Å². The van der Waals surface area contributed by atoms with Crippen LogP contribution in [0.15, 0.2) is 42.3 Å². The summed E-state index contributed by atoms with van der Waals surface area (Å²) in [5.41, 5.74) is 3.55. The lowest BCUT2D eigenvalue weighted by Crippen LogP contribution is -2.42.